The number of hydrogen-bond acceptors (Lipinski definition) is 5. The van der Waals surface area contributed by atoms with Crippen LogP contribution in [0.15, 0.2) is 42.5 Å². The Morgan fingerprint density at radius 1 is 1.14 bits per heavy atom. The summed E-state index contributed by atoms with van der Waals surface area (Å²) in [6.07, 6.45) is 1.93. The maximum Gasteiger partial charge on any atom is 0.242 e. The van der Waals surface area contributed by atoms with Crippen molar-refractivity contribution < 1.29 is 22.7 Å². The predicted octanol–water partition coefficient (Wildman–Crippen LogP) is 4.15. The Morgan fingerprint density at radius 2 is 1.86 bits per heavy atom. The maximum atomic E-state index is 13.4. The number of nitrogens with one attached hydrogen (secondary N) is 1. The van der Waals surface area contributed by atoms with Gasteiger partial charge in [0.1, 0.15) is 11.8 Å². The third kappa shape index (κ3) is 8.13. The standard InChI is InChI=1S/C26H36ClN3O5S/c1-6-23(26(32)28-7-2)29(18-20-10-8-11-22(16-20)35-4)25(31)12-9-15-30(36(5,33)34)24-17-21(27)14-13-19(24)3/h8,10-11,13-14,16-17,23H,6-7,9,12,15,18H2,1-5H3,(H,28,32)/t23-/m1/s1. The van der Waals surface area contributed by atoms with E-state index in [1.165, 1.54) is 4.31 Å². The molecule has 2 aromatic rings. The van der Waals surface area contributed by atoms with Gasteiger partial charge in [0.2, 0.25) is 21.8 Å². The fourth-order valence-corrected chi connectivity index (χ4v) is 5.19. The number of anilines is 1. The molecular weight excluding hydrogens is 502 g/mol. The zero-order valence-electron chi connectivity index (χ0n) is 21.6. The summed E-state index contributed by atoms with van der Waals surface area (Å²) in [6, 6.07) is 11.8. The minimum atomic E-state index is -3.60. The first-order chi connectivity index (χ1) is 17.0. The van der Waals surface area contributed by atoms with Gasteiger partial charge >= 0.3 is 0 Å². The summed E-state index contributed by atoms with van der Waals surface area (Å²) in [7, 11) is -2.03. The van der Waals surface area contributed by atoms with Crippen LogP contribution in [0.1, 0.15) is 44.2 Å². The number of benzene rings is 2. The summed E-state index contributed by atoms with van der Waals surface area (Å²) in [5, 5.41) is 3.24. The first kappa shape index (κ1) is 29.5. The quantitative estimate of drug-likeness (QED) is 0.414. The van der Waals surface area contributed by atoms with E-state index in [9.17, 15) is 18.0 Å². The van der Waals surface area contributed by atoms with Crippen molar-refractivity contribution >= 4 is 39.1 Å². The van der Waals surface area contributed by atoms with Crippen LogP contribution in [-0.4, -0.2) is 57.6 Å². The van der Waals surface area contributed by atoms with Gasteiger partial charge in [0.05, 0.1) is 19.1 Å². The molecule has 2 rings (SSSR count). The lowest BCUT2D eigenvalue weighted by Crippen LogP contribution is -2.49. The SMILES string of the molecule is CCNC(=O)[C@@H](CC)N(Cc1cccc(OC)c1)C(=O)CCCN(c1cc(Cl)ccc1C)S(C)(=O)=O. The molecule has 198 valence electrons. The van der Waals surface area contributed by atoms with Crippen LogP contribution < -0.4 is 14.4 Å². The summed E-state index contributed by atoms with van der Waals surface area (Å²) in [5.74, 6) is 0.211. The Balaban J connectivity index is 2.25. The van der Waals surface area contributed by atoms with E-state index in [1.807, 2.05) is 45.0 Å². The number of carbonyl (C=O) groups is 2. The van der Waals surface area contributed by atoms with Crippen molar-refractivity contribution in [3.63, 3.8) is 0 Å². The topological polar surface area (TPSA) is 96.0 Å². The summed E-state index contributed by atoms with van der Waals surface area (Å²) < 4.78 is 31.7. The average molecular weight is 538 g/mol. The molecule has 1 N–H and O–H groups in total. The average Bonchev–Trinajstić information content (AvgIpc) is 2.83. The number of aryl methyl sites for hydroxylation is 1. The Morgan fingerprint density at radius 3 is 2.47 bits per heavy atom. The van der Waals surface area contributed by atoms with E-state index in [0.29, 0.717) is 29.4 Å². The van der Waals surface area contributed by atoms with Crippen molar-refractivity contribution in [1.29, 1.82) is 0 Å². The molecular formula is C26H36ClN3O5S. The van der Waals surface area contributed by atoms with Gasteiger partial charge in [-0.05, 0) is 62.1 Å². The minimum Gasteiger partial charge on any atom is -0.497 e. The first-order valence-electron chi connectivity index (χ1n) is 12.0. The van der Waals surface area contributed by atoms with Gasteiger partial charge in [0.25, 0.3) is 0 Å². The largest absolute Gasteiger partial charge is 0.497 e. The van der Waals surface area contributed by atoms with Crippen LogP contribution in [0.5, 0.6) is 5.75 Å². The number of amides is 2. The van der Waals surface area contributed by atoms with Gasteiger partial charge in [-0.25, -0.2) is 8.42 Å². The molecule has 0 bridgehead atoms. The monoisotopic (exact) mass is 537 g/mol. The normalized spacial score (nSPS) is 12.1. The van der Waals surface area contributed by atoms with Gasteiger partial charge in [-0.1, -0.05) is 36.7 Å². The molecule has 0 spiro atoms. The van der Waals surface area contributed by atoms with Gasteiger partial charge in [-0.2, -0.15) is 0 Å². The second kappa shape index (κ2) is 13.5. The summed E-state index contributed by atoms with van der Waals surface area (Å²) in [5.41, 5.74) is 2.08. The lowest BCUT2D eigenvalue weighted by molar-refractivity contribution is -0.141. The van der Waals surface area contributed by atoms with E-state index >= 15 is 0 Å². The molecule has 1 atom stereocenters. The van der Waals surface area contributed by atoms with Crippen LogP contribution in [0.25, 0.3) is 0 Å². The molecule has 0 aliphatic carbocycles. The van der Waals surface area contributed by atoms with Crippen molar-refractivity contribution in [3.8, 4) is 5.75 Å². The number of hydrogen-bond donors (Lipinski definition) is 1. The molecule has 36 heavy (non-hydrogen) atoms. The Hall–Kier alpha value is -2.78. The third-order valence-electron chi connectivity index (χ3n) is 5.82. The number of methoxy groups -OCH3 is 1. The fourth-order valence-electron chi connectivity index (χ4n) is 4.01. The van der Waals surface area contributed by atoms with Crippen molar-refractivity contribution in [2.24, 2.45) is 0 Å². The summed E-state index contributed by atoms with van der Waals surface area (Å²) in [4.78, 5) is 27.8. The number of carbonyl (C=O) groups excluding carboxylic acids is 2. The van der Waals surface area contributed by atoms with Crippen molar-refractivity contribution in [2.75, 3.05) is 30.8 Å². The van der Waals surface area contributed by atoms with Crippen LogP contribution >= 0.6 is 11.6 Å². The smallest absolute Gasteiger partial charge is 0.242 e. The molecule has 2 aromatic carbocycles. The highest BCUT2D eigenvalue weighted by molar-refractivity contribution is 7.92. The van der Waals surface area contributed by atoms with Crippen molar-refractivity contribution in [2.45, 2.75) is 52.6 Å². The lowest BCUT2D eigenvalue weighted by atomic mass is 10.1. The highest BCUT2D eigenvalue weighted by atomic mass is 35.5. The van der Waals surface area contributed by atoms with E-state index in [0.717, 1.165) is 17.4 Å². The van der Waals surface area contributed by atoms with Gasteiger partial charge in [-0.3, -0.25) is 13.9 Å². The molecule has 0 heterocycles. The van der Waals surface area contributed by atoms with E-state index in [1.54, 1.807) is 30.2 Å². The number of likely N-dealkylation sites (N-methyl/N-ethyl adjacent to an activating group) is 1. The van der Waals surface area contributed by atoms with Crippen LogP contribution in [0.3, 0.4) is 0 Å². The Bertz CT molecular complexity index is 1160. The molecule has 0 radical (unpaired) electrons. The number of halogens is 1. The van der Waals surface area contributed by atoms with E-state index in [-0.39, 0.29) is 37.7 Å². The van der Waals surface area contributed by atoms with E-state index in [4.69, 9.17) is 16.3 Å². The summed E-state index contributed by atoms with van der Waals surface area (Å²) >= 11 is 6.11. The molecule has 0 aromatic heterocycles. The zero-order valence-corrected chi connectivity index (χ0v) is 23.2. The van der Waals surface area contributed by atoms with E-state index < -0.39 is 16.1 Å². The zero-order chi connectivity index (χ0) is 26.9. The lowest BCUT2D eigenvalue weighted by Gasteiger charge is -2.31. The molecule has 2 amide bonds. The fraction of sp³-hybridized carbons (Fsp3) is 0.462. The first-order valence-corrected chi connectivity index (χ1v) is 14.2. The number of nitrogens with zero attached hydrogens (tertiary/aromatic N) is 2. The highest BCUT2D eigenvalue weighted by Crippen LogP contribution is 2.27. The van der Waals surface area contributed by atoms with Crippen molar-refractivity contribution in [3.05, 3.63) is 58.6 Å². The van der Waals surface area contributed by atoms with Gasteiger partial charge in [-0.15, -0.1) is 0 Å². The summed E-state index contributed by atoms with van der Waals surface area (Å²) in [6.45, 7) is 6.29. The maximum absolute atomic E-state index is 13.4. The van der Waals surface area contributed by atoms with Crippen molar-refractivity contribution in [1.82, 2.24) is 10.2 Å². The van der Waals surface area contributed by atoms with Crippen LogP contribution in [0, 0.1) is 6.92 Å². The molecule has 8 nitrogen and oxygen atoms in total. The molecule has 10 heteroatoms. The van der Waals surface area contributed by atoms with Crippen LogP contribution in [0.4, 0.5) is 5.69 Å². The molecule has 0 unspecified atom stereocenters. The third-order valence-corrected chi connectivity index (χ3v) is 7.23. The second-order valence-electron chi connectivity index (χ2n) is 8.56. The molecule has 0 saturated heterocycles. The Kier molecular flexibility index (Phi) is 11.0. The second-order valence-corrected chi connectivity index (χ2v) is 10.9. The predicted molar refractivity (Wildman–Crippen MR) is 144 cm³/mol. The molecule has 0 aliphatic heterocycles. The Labute approximate surface area is 219 Å². The highest BCUT2D eigenvalue weighted by Gasteiger charge is 2.29. The van der Waals surface area contributed by atoms with Crippen LogP contribution in [0.2, 0.25) is 5.02 Å². The number of sulfonamides is 1. The van der Waals surface area contributed by atoms with E-state index in [2.05, 4.69) is 5.32 Å². The molecule has 0 fully saturated rings. The van der Waals surface area contributed by atoms with Gasteiger partial charge in [0, 0.05) is 31.1 Å². The minimum absolute atomic E-state index is 0.0749. The number of ether oxygens (including phenoxy) is 1. The molecule has 0 aliphatic rings. The van der Waals surface area contributed by atoms with Gasteiger partial charge in [0.15, 0.2) is 0 Å². The van der Waals surface area contributed by atoms with Crippen LogP contribution in [-0.2, 0) is 26.2 Å². The van der Waals surface area contributed by atoms with Gasteiger partial charge < -0.3 is 15.0 Å². The number of rotatable bonds is 13. The molecule has 0 saturated carbocycles.